The predicted octanol–water partition coefficient (Wildman–Crippen LogP) is 2.36. The van der Waals surface area contributed by atoms with Crippen molar-refractivity contribution in [1.29, 1.82) is 0 Å². The lowest BCUT2D eigenvalue weighted by Crippen LogP contribution is -2.36. The molecule has 0 saturated heterocycles. The van der Waals surface area contributed by atoms with Gasteiger partial charge in [-0.1, -0.05) is 12.1 Å². The molecule has 0 aliphatic rings. The molecule has 0 fully saturated rings. The van der Waals surface area contributed by atoms with Crippen molar-refractivity contribution in [2.45, 2.75) is 11.1 Å². The zero-order valence-electron chi connectivity index (χ0n) is 9.11. The second-order valence-corrected chi connectivity index (χ2v) is 6.54. The maximum absolute atomic E-state index is 12.5. The van der Waals surface area contributed by atoms with E-state index in [1.807, 2.05) is 0 Å². The number of rotatable bonds is 4. The highest BCUT2D eigenvalue weighted by atomic mass is 79.9. The van der Waals surface area contributed by atoms with E-state index >= 15 is 0 Å². The molecular formula is C10H11BrF3NO2S. The second-order valence-electron chi connectivity index (χ2n) is 3.69. The molecule has 1 aromatic carbocycles. The number of hydrogen-bond acceptors (Lipinski definition) is 3. The molecule has 1 atom stereocenters. The number of sulfone groups is 1. The van der Waals surface area contributed by atoms with Crippen LogP contribution in [0.25, 0.3) is 0 Å². The molecule has 1 rings (SSSR count). The number of nitrogens with two attached hydrogens (primary N) is 1. The van der Waals surface area contributed by atoms with E-state index < -0.39 is 34.2 Å². The van der Waals surface area contributed by atoms with Crippen LogP contribution in [0.15, 0.2) is 33.6 Å². The Morgan fingerprint density at radius 2 is 1.83 bits per heavy atom. The minimum atomic E-state index is -4.62. The van der Waals surface area contributed by atoms with Crippen LogP contribution in [0.3, 0.4) is 0 Å². The first-order valence-corrected chi connectivity index (χ1v) is 7.37. The van der Waals surface area contributed by atoms with Crippen LogP contribution in [0.5, 0.6) is 0 Å². The summed E-state index contributed by atoms with van der Waals surface area (Å²) in [6, 6.07) is 5.73. The summed E-state index contributed by atoms with van der Waals surface area (Å²) in [6.07, 6.45) is -4.62. The van der Waals surface area contributed by atoms with Crippen molar-refractivity contribution < 1.29 is 21.6 Å². The fourth-order valence-corrected chi connectivity index (χ4v) is 4.06. The molecule has 0 aromatic heterocycles. The third kappa shape index (κ3) is 3.69. The average molecular weight is 346 g/mol. The average Bonchev–Trinajstić information content (AvgIpc) is 2.24. The number of benzene rings is 1. The van der Waals surface area contributed by atoms with Crippen LogP contribution in [0.2, 0.25) is 0 Å². The fourth-order valence-electron chi connectivity index (χ4n) is 1.35. The van der Waals surface area contributed by atoms with Gasteiger partial charge >= 0.3 is 6.18 Å². The van der Waals surface area contributed by atoms with E-state index in [0.29, 0.717) is 0 Å². The van der Waals surface area contributed by atoms with Crippen LogP contribution in [-0.2, 0) is 9.84 Å². The van der Waals surface area contributed by atoms with Crippen molar-refractivity contribution >= 4 is 25.8 Å². The Labute approximate surface area is 111 Å². The maximum atomic E-state index is 12.5. The van der Waals surface area contributed by atoms with E-state index in [1.165, 1.54) is 18.2 Å². The maximum Gasteiger partial charge on any atom is 0.394 e. The highest BCUT2D eigenvalue weighted by Crippen LogP contribution is 2.30. The van der Waals surface area contributed by atoms with E-state index in [1.54, 1.807) is 6.07 Å². The summed E-state index contributed by atoms with van der Waals surface area (Å²) in [5.41, 5.74) is 4.99. The van der Waals surface area contributed by atoms with Crippen molar-refractivity contribution in [1.82, 2.24) is 0 Å². The molecule has 1 unspecified atom stereocenters. The topological polar surface area (TPSA) is 60.2 Å². The minimum Gasteiger partial charge on any atom is -0.330 e. The van der Waals surface area contributed by atoms with E-state index in [-0.39, 0.29) is 9.37 Å². The van der Waals surface area contributed by atoms with Gasteiger partial charge in [0.25, 0.3) is 0 Å². The monoisotopic (exact) mass is 345 g/mol. The van der Waals surface area contributed by atoms with Gasteiger partial charge in [-0.25, -0.2) is 8.42 Å². The molecule has 3 nitrogen and oxygen atoms in total. The summed E-state index contributed by atoms with van der Waals surface area (Å²) in [4.78, 5) is -0.160. The third-order valence-electron chi connectivity index (χ3n) is 2.34. The molecule has 2 N–H and O–H groups in total. The van der Waals surface area contributed by atoms with Gasteiger partial charge in [0.2, 0.25) is 0 Å². The summed E-state index contributed by atoms with van der Waals surface area (Å²) in [7, 11) is -4.03. The first kappa shape index (κ1) is 15.5. The summed E-state index contributed by atoms with van der Waals surface area (Å²) in [5.74, 6) is -3.11. The molecule has 0 saturated carbocycles. The molecule has 0 aliphatic carbocycles. The second kappa shape index (κ2) is 5.58. The normalized spacial score (nSPS) is 14.5. The van der Waals surface area contributed by atoms with E-state index in [0.717, 1.165) is 0 Å². The first-order chi connectivity index (χ1) is 8.18. The lowest BCUT2D eigenvalue weighted by atomic mass is 10.2. The van der Waals surface area contributed by atoms with Gasteiger partial charge in [0.15, 0.2) is 9.84 Å². The molecule has 0 spiro atoms. The SMILES string of the molecule is NCC(CS(=O)(=O)c1ccccc1Br)C(F)(F)F. The fraction of sp³-hybridized carbons (Fsp3) is 0.400. The minimum absolute atomic E-state index is 0.160. The molecule has 102 valence electrons. The highest BCUT2D eigenvalue weighted by molar-refractivity contribution is 9.10. The summed E-state index contributed by atoms with van der Waals surface area (Å²) in [6.45, 7) is -0.757. The molecule has 0 radical (unpaired) electrons. The largest absolute Gasteiger partial charge is 0.394 e. The van der Waals surface area contributed by atoms with Gasteiger partial charge in [-0.15, -0.1) is 0 Å². The lowest BCUT2D eigenvalue weighted by molar-refractivity contribution is -0.165. The van der Waals surface area contributed by atoms with Crippen molar-refractivity contribution in [2.24, 2.45) is 11.7 Å². The van der Waals surface area contributed by atoms with Crippen molar-refractivity contribution in [3.63, 3.8) is 0 Å². The Kier molecular flexibility index (Phi) is 4.79. The number of halogens is 4. The highest BCUT2D eigenvalue weighted by Gasteiger charge is 2.41. The van der Waals surface area contributed by atoms with Crippen LogP contribution < -0.4 is 5.73 Å². The quantitative estimate of drug-likeness (QED) is 0.911. The zero-order valence-corrected chi connectivity index (χ0v) is 11.5. The lowest BCUT2D eigenvalue weighted by Gasteiger charge is -2.18. The number of hydrogen-bond donors (Lipinski definition) is 1. The van der Waals surface area contributed by atoms with E-state index in [4.69, 9.17) is 5.73 Å². The summed E-state index contributed by atoms with van der Waals surface area (Å²) >= 11 is 3.00. The van der Waals surface area contributed by atoms with Crippen LogP contribution in [0, 0.1) is 5.92 Å². The Morgan fingerprint density at radius 1 is 1.28 bits per heavy atom. The molecule has 0 amide bonds. The van der Waals surface area contributed by atoms with E-state index in [2.05, 4.69) is 15.9 Å². The van der Waals surface area contributed by atoms with Crippen LogP contribution in [0.1, 0.15) is 0 Å². The third-order valence-corrected chi connectivity index (χ3v) is 5.16. The molecule has 0 heterocycles. The van der Waals surface area contributed by atoms with Gasteiger partial charge in [-0.3, -0.25) is 0 Å². The van der Waals surface area contributed by atoms with Crippen LogP contribution in [-0.4, -0.2) is 26.9 Å². The first-order valence-electron chi connectivity index (χ1n) is 4.92. The Bertz CT molecular complexity index is 516. The van der Waals surface area contributed by atoms with Gasteiger partial charge in [0.1, 0.15) is 0 Å². The van der Waals surface area contributed by atoms with Gasteiger partial charge in [0, 0.05) is 11.0 Å². The summed E-state index contributed by atoms with van der Waals surface area (Å²) < 4.78 is 61.5. The van der Waals surface area contributed by atoms with Crippen LogP contribution >= 0.6 is 15.9 Å². The van der Waals surface area contributed by atoms with Crippen LogP contribution in [0.4, 0.5) is 13.2 Å². The van der Waals surface area contributed by atoms with Gasteiger partial charge in [-0.2, -0.15) is 13.2 Å². The summed E-state index contributed by atoms with van der Waals surface area (Å²) in [5, 5.41) is 0. The zero-order chi connectivity index (χ0) is 14.0. The van der Waals surface area contributed by atoms with Crippen molar-refractivity contribution in [3.05, 3.63) is 28.7 Å². The molecule has 8 heteroatoms. The standard InChI is InChI=1S/C10H11BrF3NO2S/c11-8-3-1-2-4-9(8)18(16,17)6-7(5-15)10(12,13)14/h1-4,7H,5-6,15H2. The van der Waals surface area contributed by atoms with E-state index in [9.17, 15) is 21.6 Å². The molecule has 18 heavy (non-hydrogen) atoms. The Balaban J connectivity index is 3.06. The van der Waals surface area contributed by atoms with Gasteiger partial charge in [-0.05, 0) is 28.1 Å². The Hall–Kier alpha value is -0.600. The van der Waals surface area contributed by atoms with Gasteiger partial charge < -0.3 is 5.73 Å². The molecular weight excluding hydrogens is 335 g/mol. The van der Waals surface area contributed by atoms with Crippen molar-refractivity contribution in [2.75, 3.05) is 12.3 Å². The molecule has 0 bridgehead atoms. The predicted molar refractivity (Wildman–Crippen MR) is 64.8 cm³/mol. The molecule has 0 aliphatic heterocycles. The Morgan fingerprint density at radius 3 is 2.28 bits per heavy atom. The van der Waals surface area contributed by atoms with Crippen molar-refractivity contribution in [3.8, 4) is 0 Å². The number of alkyl halides is 3. The molecule has 1 aromatic rings. The van der Waals surface area contributed by atoms with Gasteiger partial charge in [0.05, 0.1) is 16.6 Å². The smallest absolute Gasteiger partial charge is 0.330 e.